The summed E-state index contributed by atoms with van der Waals surface area (Å²) < 4.78 is 27.0. The molecule has 18 heavy (non-hydrogen) atoms. The van der Waals surface area contributed by atoms with Crippen LogP contribution in [0.25, 0.3) is 0 Å². The fourth-order valence-electron chi connectivity index (χ4n) is 1.20. The van der Waals surface area contributed by atoms with Crippen LogP contribution in [-0.4, -0.2) is 18.4 Å². The van der Waals surface area contributed by atoms with Crippen LogP contribution in [0.1, 0.15) is 0 Å². The molecule has 8 heteroatoms. The van der Waals surface area contributed by atoms with Crippen LogP contribution in [0.4, 0.5) is 5.69 Å². The number of hydrogen-bond acceptors (Lipinski definition) is 4. The van der Waals surface area contributed by atoms with Gasteiger partial charge in [-0.2, -0.15) is 0 Å². The molecule has 2 heterocycles. The summed E-state index contributed by atoms with van der Waals surface area (Å²) in [5.74, 6) is 0. The minimum Gasteiger partial charge on any atom is -0.278 e. The minimum atomic E-state index is -3.68. The van der Waals surface area contributed by atoms with Gasteiger partial charge in [0, 0.05) is 6.20 Å². The fraction of sp³-hybridized carbons (Fsp3) is 0. The molecule has 0 bridgehead atoms. The zero-order chi connectivity index (χ0) is 13.2. The van der Waals surface area contributed by atoms with Crippen molar-refractivity contribution in [2.75, 3.05) is 4.72 Å². The van der Waals surface area contributed by atoms with E-state index in [1.165, 1.54) is 24.5 Å². The van der Waals surface area contributed by atoms with Crippen LogP contribution in [0.15, 0.2) is 46.2 Å². The van der Waals surface area contributed by atoms with Gasteiger partial charge in [-0.25, -0.2) is 18.4 Å². The van der Waals surface area contributed by atoms with Crippen LogP contribution in [0.2, 0.25) is 5.15 Å². The molecule has 94 valence electrons. The number of rotatable bonds is 3. The zero-order valence-electron chi connectivity index (χ0n) is 8.84. The summed E-state index contributed by atoms with van der Waals surface area (Å²) in [4.78, 5) is 7.70. The average Bonchev–Trinajstić information content (AvgIpc) is 2.32. The number of hydrogen-bond donors (Lipinski definition) is 1. The third-order valence-electron chi connectivity index (χ3n) is 1.99. The van der Waals surface area contributed by atoms with E-state index in [9.17, 15) is 8.42 Å². The smallest absolute Gasteiger partial charge is 0.262 e. The van der Waals surface area contributed by atoms with Crippen molar-refractivity contribution in [1.29, 1.82) is 0 Å². The van der Waals surface area contributed by atoms with Crippen LogP contribution < -0.4 is 4.72 Å². The molecule has 0 aromatic carbocycles. The van der Waals surface area contributed by atoms with E-state index in [1.807, 2.05) is 0 Å². The molecule has 0 atom stereocenters. The van der Waals surface area contributed by atoms with E-state index in [0.29, 0.717) is 10.3 Å². The summed E-state index contributed by atoms with van der Waals surface area (Å²) in [5, 5.41) is 0.117. The van der Waals surface area contributed by atoms with E-state index < -0.39 is 10.0 Å². The van der Waals surface area contributed by atoms with Gasteiger partial charge in [-0.15, -0.1) is 0 Å². The van der Waals surface area contributed by atoms with Crippen LogP contribution >= 0.6 is 27.5 Å². The normalized spacial score (nSPS) is 11.2. The van der Waals surface area contributed by atoms with Crippen molar-refractivity contribution in [1.82, 2.24) is 9.97 Å². The highest BCUT2D eigenvalue weighted by Crippen LogP contribution is 2.18. The molecule has 0 saturated heterocycles. The highest BCUT2D eigenvalue weighted by molar-refractivity contribution is 9.10. The Hall–Kier alpha value is -1.18. The lowest BCUT2D eigenvalue weighted by Gasteiger charge is -2.07. The molecule has 0 saturated carbocycles. The van der Waals surface area contributed by atoms with E-state index in [-0.39, 0.29) is 10.0 Å². The van der Waals surface area contributed by atoms with E-state index in [2.05, 4.69) is 30.6 Å². The van der Waals surface area contributed by atoms with Gasteiger partial charge in [0.1, 0.15) is 9.76 Å². The summed E-state index contributed by atoms with van der Waals surface area (Å²) in [7, 11) is -3.68. The topological polar surface area (TPSA) is 72.0 Å². The largest absolute Gasteiger partial charge is 0.278 e. The zero-order valence-corrected chi connectivity index (χ0v) is 12.0. The van der Waals surface area contributed by atoms with Gasteiger partial charge < -0.3 is 0 Å². The van der Waals surface area contributed by atoms with Gasteiger partial charge in [0.05, 0.1) is 16.8 Å². The maximum absolute atomic E-state index is 12.0. The van der Waals surface area contributed by atoms with Crippen molar-refractivity contribution in [3.05, 3.63) is 46.4 Å². The number of aromatic nitrogens is 2. The molecule has 5 nitrogen and oxygen atoms in total. The Kier molecular flexibility index (Phi) is 3.84. The second kappa shape index (κ2) is 5.21. The molecule has 1 N–H and O–H groups in total. The van der Waals surface area contributed by atoms with E-state index >= 15 is 0 Å². The lowest BCUT2D eigenvalue weighted by atomic mass is 10.4. The summed E-state index contributed by atoms with van der Waals surface area (Å²) in [6.45, 7) is 0. The molecule has 0 aliphatic heterocycles. The third-order valence-corrected chi connectivity index (χ3v) is 4.04. The molecule has 0 amide bonds. The van der Waals surface area contributed by atoms with Gasteiger partial charge in [0.2, 0.25) is 0 Å². The van der Waals surface area contributed by atoms with Crippen LogP contribution in [0, 0.1) is 0 Å². The first-order valence-corrected chi connectivity index (χ1v) is 7.39. The summed E-state index contributed by atoms with van der Waals surface area (Å²) in [6.07, 6.45) is 2.74. The van der Waals surface area contributed by atoms with Gasteiger partial charge in [0.15, 0.2) is 0 Å². The Bertz CT molecular complexity index is 661. The van der Waals surface area contributed by atoms with Gasteiger partial charge in [-0.1, -0.05) is 11.6 Å². The van der Waals surface area contributed by atoms with Crippen molar-refractivity contribution < 1.29 is 8.42 Å². The molecule has 0 radical (unpaired) electrons. The van der Waals surface area contributed by atoms with Crippen molar-refractivity contribution >= 4 is 43.2 Å². The van der Waals surface area contributed by atoms with Gasteiger partial charge in [0.25, 0.3) is 10.0 Å². The number of halogens is 2. The maximum Gasteiger partial charge on any atom is 0.262 e. The van der Waals surface area contributed by atoms with Gasteiger partial charge in [-0.05, 0) is 40.2 Å². The van der Waals surface area contributed by atoms with E-state index in [0.717, 1.165) is 0 Å². The molecule has 0 aliphatic rings. The third kappa shape index (κ3) is 3.18. The quantitative estimate of drug-likeness (QED) is 0.866. The predicted molar refractivity (Wildman–Crippen MR) is 72.0 cm³/mol. The Morgan fingerprint density at radius 2 is 2.00 bits per heavy atom. The monoisotopic (exact) mass is 347 g/mol. The first kappa shape index (κ1) is 13.3. The van der Waals surface area contributed by atoms with Crippen molar-refractivity contribution in [2.24, 2.45) is 0 Å². The highest BCUT2D eigenvalue weighted by Gasteiger charge is 2.14. The molecular formula is C10H7BrClN3O2S. The molecular weight excluding hydrogens is 342 g/mol. The number of nitrogens with one attached hydrogen (secondary N) is 1. The van der Waals surface area contributed by atoms with Gasteiger partial charge >= 0.3 is 0 Å². The second-order valence-electron chi connectivity index (χ2n) is 3.29. The molecule has 0 spiro atoms. The first-order valence-electron chi connectivity index (χ1n) is 4.73. The summed E-state index contributed by atoms with van der Waals surface area (Å²) in [5.41, 5.74) is 0.367. The Morgan fingerprint density at radius 3 is 2.61 bits per heavy atom. The van der Waals surface area contributed by atoms with E-state index in [4.69, 9.17) is 11.6 Å². The molecule has 2 aromatic heterocycles. The molecule has 2 aromatic rings. The van der Waals surface area contributed by atoms with Crippen molar-refractivity contribution in [3.8, 4) is 0 Å². The number of pyridine rings is 2. The number of anilines is 1. The maximum atomic E-state index is 12.0. The molecule has 0 unspecified atom stereocenters. The van der Waals surface area contributed by atoms with Crippen LogP contribution in [0.3, 0.4) is 0 Å². The second-order valence-corrected chi connectivity index (χ2v) is 6.17. The molecule has 0 aliphatic carbocycles. The number of nitrogens with zero attached hydrogens (tertiary/aromatic N) is 2. The Morgan fingerprint density at radius 1 is 1.22 bits per heavy atom. The highest BCUT2D eigenvalue weighted by atomic mass is 79.9. The Balaban J connectivity index is 2.30. The fourth-order valence-corrected chi connectivity index (χ4v) is 2.73. The summed E-state index contributed by atoms with van der Waals surface area (Å²) in [6, 6.07) is 5.87. The number of sulfonamides is 1. The molecule has 0 fully saturated rings. The average molecular weight is 349 g/mol. The predicted octanol–water partition coefficient (Wildman–Crippen LogP) is 2.69. The van der Waals surface area contributed by atoms with Crippen molar-refractivity contribution in [2.45, 2.75) is 4.90 Å². The lowest BCUT2D eigenvalue weighted by molar-refractivity contribution is 0.601. The standard InChI is InChI=1S/C10H7BrClN3O2S/c11-9-2-1-7(6-14-9)15-18(16,17)8-3-4-13-10(12)5-8/h1-6,15H. The molecule has 2 rings (SSSR count). The van der Waals surface area contributed by atoms with E-state index in [1.54, 1.807) is 12.1 Å². The first-order chi connectivity index (χ1) is 8.47. The van der Waals surface area contributed by atoms with Gasteiger partial charge in [-0.3, -0.25) is 4.72 Å². The summed E-state index contributed by atoms with van der Waals surface area (Å²) >= 11 is 8.82. The minimum absolute atomic E-state index is 0.0467. The van der Waals surface area contributed by atoms with Crippen LogP contribution in [-0.2, 0) is 10.0 Å². The lowest BCUT2D eigenvalue weighted by Crippen LogP contribution is -2.13. The van der Waals surface area contributed by atoms with Crippen molar-refractivity contribution in [3.63, 3.8) is 0 Å². The SMILES string of the molecule is O=S(=O)(Nc1ccc(Br)nc1)c1ccnc(Cl)c1. The Labute approximate surface area is 117 Å². The van der Waals surface area contributed by atoms with Crippen LogP contribution in [0.5, 0.6) is 0 Å².